The lowest BCUT2D eigenvalue weighted by Gasteiger charge is -2.07. The minimum atomic E-state index is 0.0793. The Kier molecular flexibility index (Phi) is 4.56. The average molecular weight is 254 g/mol. The molecule has 0 spiro atoms. The first-order chi connectivity index (χ1) is 9.25. The van der Waals surface area contributed by atoms with Gasteiger partial charge in [-0.25, -0.2) is 0 Å². The van der Waals surface area contributed by atoms with E-state index in [-0.39, 0.29) is 5.84 Å². The molecule has 2 aromatic carbocycles. The Morgan fingerprint density at radius 2 is 1.68 bits per heavy atom. The lowest BCUT2D eigenvalue weighted by Crippen LogP contribution is -2.10. The van der Waals surface area contributed by atoms with Gasteiger partial charge in [-0.05, 0) is 42.7 Å². The second-order valence-electron chi connectivity index (χ2n) is 4.38. The molecule has 3 heteroatoms. The Morgan fingerprint density at radius 3 is 2.32 bits per heavy atom. The molecule has 3 N–H and O–H groups in total. The van der Waals surface area contributed by atoms with E-state index in [4.69, 9.17) is 15.9 Å². The van der Waals surface area contributed by atoms with E-state index >= 15 is 0 Å². The highest BCUT2D eigenvalue weighted by atomic mass is 16.5. The minimum absolute atomic E-state index is 0.0793. The third kappa shape index (κ3) is 4.14. The summed E-state index contributed by atoms with van der Waals surface area (Å²) in [6.45, 7) is 0.689. The summed E-state index contributed by atoms with van der Waals surface area (Å²) in [5.74, 6) is 0.897. The molecule has 0 amide bonds. The van der Waals surface area contributed by atoms with Crippen molar-refractivity contribution in [1.29, 1.82) is 5.41 Å². The van der Waals surface area contributed by atoms with Crippen molar-refractivity contribution >= 4 is 5.84 Å². The van der Waals surface area contributed by atoms with Gasteiger partial charge in [0, 0.05) is 5.56 Å². The van der Waals surface area contributed by atoms with E-state index < -0.39 is 0 Å². The number of ether oxygens (including phenoxy) is 1. The van der Waals surface area contributed by atoms with Gasteiger partial charge in [-0.15, -0.1) is 0 Å². The molecule has 0 saturated heterocycles. The van der Waals surface area contributed by atoms with Crippen LogP contribution in [0.4, 0.5) is 0 Å². The van der Waals surface area contributed by atoms with Crippen LogP contribution in [-0.4, -0.2) is 12.4 Å². The quantitative estimate of drug-likeness (QED) is 0.473. The monoisotopic (exact) mass is 254 g/mol. The normalized spacial score (nSPS) is 10.1. The number of amidine groups is 1. The van der Waals surface area contributed by atoms with Crippen LogP contribution in [-0.2, 0) is 6.42 Å². The van der Waals surface area contributed by atoms with Crippen LogP contribution in [0.5, 0.6) is 5.75 Å². The number of nitrogens with two attached hydrogens (primary N) is 1. The molecular formula is C16H18N2O. The van der Waals surface area contributed by atoms with Crippen LogP contribution < -0.4 is 10.5 Å². The SMILES string of the molecule is N=C(N)c1ccc(OCCCc2ccccc2)cc1. The molecule has 0 bridgehead atoms. The summed E-state index contributed by atoms with van der Waals surface area (Å²) in [6.07, 6.45) is 2.00. The average Bonchev–Trinajstić information content (AvgIpc) is 2.45. The van der Waals surface area contributed by atoms with Crippen molar-refractivity contribution in [3.05, 3.63) is 65.7 Å². The van der Waals surface area contributed by atoms with Gasteiger partial charge in [-0.2, -0.15) is 0 Å². The lowest BCUT2D eigenvalue weighted by molar-refractivity contribution is 0.311. The highest BCUT2D eigenvalue weighted by Crippen LogP contribution is 2.12. The fraction of sp³-hybridized carbons (Fsp3) is 0.188. The number of nitrogen functional groups attached to an aromatic ring is 1. The maximum absolute atomic E-state index is 7.31. The molecule has 2 aromatic rings. The van der Waals surface area contributed by atoms with Gasteiger partial charge in [0.05, 0.1) is 6.61 Å². The zero-order valence-electron chi connectivity index (χ0n) is 10.8. The maximum atomic E-state index is 7.31. The molecular weight excluding hydrogens is 236 g/mol. The Bertz CT molecular complexity index is 520. The Labute approximate surface area is 113 Å². The third-order valence-electron chi connectivity index (χ3n) is 2.89. The molecule has 0 radical (unpaired) electrons. The Balaban J connectivity index is 1.75. The first-order valence-corrected chi connectivity index (χ1v) is 6.37. The topological polar surface area (TPSA) is 59.1 Å². The number of benzene rings is 2. The summed E-state index contributed by atoms with van der Waals surface area (Å²) >= 11 is 0. The Hall–Kier alpha value is -2.29. The van der Waals surface area contributed by atoms with Crippen LogP contribution in [0.15, 0.2) is 54.6 Å². The van der Waals surface area contributed by atoms with Crippen molar-refractivity contribution in [2.75, 3.05) is 6.61 Å². The largest absolute Gasteiger partial charge is 0.494 e. The molecule has 98 valence electrons. The molecule has 0 saturated carbocycles. The first kappa shape index (κ1) is 13.1. The summed E-state index contributed by atoms with van der Waals surface area (Å²) in [5.41, 5.74) is 7.44. The van der Waals surface area contributed by atoms with Gasteiger partial charge < -0.3 is 10.5 Å². The zero-order valence-corrected chi connectivity index (χ0v) is 10.8. The van der Waals surface area contributed by atoms with Crippen LogP contribution >= 0.6 is 0 Å². The first-order valence-electron chi connectivity index (χ1n) is 6.37. The molecule has 0 unspecified atom stereocenters. The zero-order chi connectivity index (χ0) is 13.5. The predicted molar refractivity (Wildman–Crippen MR) is 77.7 cm³/mol. The number of hydrogen-bond donors (Lipinski definition) is 2. The standard InChI is InChI=1S/C16H18N2O/c17-16(18)14-8-10-15(11-9-14)19-12-4-7-13-5-2-1-3-6-13/h1-3,5-6,8-11H,4,7,12H2,(H3,17,18). The second kappa shape index (κ2) is 6.59. The molecule has 3 nitrogen and oxygen atoms in total. The molecule has 0 aliphatic rings. The lowest BCUT2D eigenvalue weighted by atomic mass is 10.1. The summed E-state index contributed by atoms with van der Waals surface area (Å²) in [5, 5.41) is 7.31. The summed E-state index contributed by atoms with van der Waals surface area (Å²) in [4.78, 5) is 0. The summed E-state index contributed by atoms with van der Waals surface area (Å²) in [6, 6.07) is 17.7. The van der Waals surface area contributed by atoms with E-state index in [0.29, 0.717) is 6.61 Å². The van der Waals surface area contributed by atoms with E-state index in [9.17, 15) is 0 Å². The number of nitrogens with one attached hydrogen (secondary N) is 1. The van der Waals surface area contributed by atoms with Crippen molar-refractivity contribution in [2.24, 2.45) is 5.73 Å². The molecule has 0 heterocycles. The van der Waals surface area contributed by atoms with Crippen molar-refractivity contribution in [2.45, 2.75) is 12.8 Å². The van der Waals surface area contributed by atoms with Gasteiger partial charge in [0.2, 0.25) is 0 Å². The van der Waals surface area contributed by atoms with E-state index in [1.54, 1.807) is 12.1 Å². The van der Waals surface area contributed by atoms with Gasteiger partial charge in [0.15, 0.2) is 0 Å². The number of aryl methyl sites for hydroxylation is 1. The van der Waals surface area contributed by atoms with Gasteiger partial charge in [-0.3, -0.25) is 5.41 Å². The molecule has 0 aromatic heterocycles. The minimum Gasteiger partial charge on any atom is -0.494 e. The maximum Gasteiger partial charge on any atom is 0.122 e. The van der Waals surface area contributed by atoms with E-state index in [2.05, 4.69) is 24.3 Å². The molecule has 19 heavy (non-hydrogen) atoms. The highest BCUT2D eigenvalue weighted by molar-refractivity contribution is 5.94. The van der Waals surface area contributed by atoms with Gasteiger partial charge >= 0.3 is 0 Å². The van der Waals surface area contributed by atoms with Crippen LogP contribution in [0.1, 0.15) is 17.5 Å². The van der Waals surface area contributed by atoms with E-state index in [1.807, 2.05) is 18.2 Å². The Morgan fingerprint density at radius 1 is 1.00 bits per heavy atom. The molecule has 2 rings (SSSR count). The molecule has 0 atom stereocenters. The van der Waals surface area contributed by atoms with Crippen molar-refractivity contribution in [3.63, 3.8) is 0 Å². The second-order valence-corrected chi connectivity index (χ2v) is 4.38. The fourth-order valence-electron chi connectivity index (χ4n) is 1.84. The molecule has 0 aliphatic heterocycles. The summed E-state index contributed by atoms with van der Waals surface area (Å²) in [7, 11) is 0. The smallest absolute Gasteiger partial charge is 0.122 e. The summed E-state index contributed by atoms with van der Waals surface area (Å²) < 4.78 is 5.65. The van der Waals surface area contributed by atoms with Crippen LogP contribution in [0, 0.1) is 5.41 Å². The van der Waals surface area contributed by atoms with Crippen LogP contribution in [0.2, 0.25) is 0 Å². The fourth-order valence-corrected chi connectivity index (χ4v) is 1.84. The predicted octanol–water partition coefficient (Wildman–Crippen LogP) is 2.98. The molecule has 0 aliphatic carbocycles. The van der Waals surface area contributed by atoms with Gasteiger partial charge in [0.1, 0.15) is 11.6 Å². The highest BCUT2D eigenvalue weighted by Gasteiger charge is 1.98. The van der Waals surface area contributed by atoms with Gasteiger partial charge in [0.25, 0.3) is 0 Å². The van der Waals surface area contributed by atoms with E-state index in [0.717, 1.165) is 24.2 Å². The van der Waals surface area contributed by atoms with Crippen molar-refractivity contribution < 1.29 is 4.74 Å². The van der Waals surface area contributed by atoms with Crippen LogP contribution in [0.25, 0.3) is 0 Å². The van der Waals surface area contributed by atoms with Crippen LogP contribution in [0.3, 0.4) is 0 Å². The number of hydrogen-bond acceptors (Lipinski definition) is 2. The molecule has 0 fully saturated rings. The van der Waals surface area contributed by atoms with Gasteiger partial charge in [-0.1, -0.05) is 30.3 Å². The number of rotatable bonds is 6. The van der Waals surface area contributed by atoms with E-state index in [1.165, 1.54) is 5.56 Å². The van der Waals surface area contributed by atoms with Crippen molar-refractivity contribution in [1.82, 2.24) is 0 Å². The van der Waals surface area contributed by atoms with Crippen molar-refractivity contribution in [3.8, 4) is 5.75 Å². The third-order valence-corrected chi connectivity index (χ3v) is 2.89.